The molecule has 8 nitrogen and oxygen atoms in total. The molecule has 1 N–H and O–H groups in total. The minimum atomic E-state index is -1.01. The number of benzene rings is 1. The second-order valence-electron chi connectivity index (χ2n) is 7.03. The Bertz CT molecular complexity index is 1270. The van der Waals surface area contributed by atoms with Gasteiger partial charge in [-0.25, -0.2) is 9.78 Å². The molecule has 3 aromatic rings. The van der Waals surface area contributed by atoms with Gasteiger partial charge in [0.2, 0.25) is 5.78 Å². The van der Waals surface area contributed by atoms with Gasteiger partial charge < -0.3 is 14.3 Å². The fraction of sp³-hybridized carbons (Fsp3) is 0.182. The molecule has 1 atom stereocenters. The van der Waals surface area contributed by atoms with Gasteiger partial charge in [0, 0.05) is 5.02 Å². The number of carbonyl (C=O) groups excluding carboxylic acids is 3. The summed E-state index contributed by atoms with van der Waals surface area (Å²) in [4.78, 5) is 44.2. The van der Waals surface area contributed by atoms with Crippen molar-refractivity contribution in [3.63, 3.8) is 0 Å². The number of aliphatic hydroxyl groups excluding tert-OH is 1. The Balaban J connectivity index is 1.87. The van der Waals surface area contributed by atoms with Crippen LogP contribution in [0.4, 0.5) is 5.13 Å². The highest BCUT2D eigenvalue weighted by molar-refractivity contribution is 7.17. The van der Waals surface area contributed by atoms with Gasteiger partial charge in [0.05, 0.1) is 24.4 Å². The van der Waals surface area contributed by atoms with Gasteiger partial charge in [-0.1, -0.05) is 35.1 Å². The Morgan fingerprint density at radius 3 is 2.47 bits per heavy atom. The lowest BCUT2D eigenvalue weighted by atomic mass is 9.95. The van der Waals surface area contributed by atoms with E-state index in [0.29, 0.717) is 22.0 Å². The first kappa shape index (κ1) is 21.8. The number of furan rings is 1. The quantitative estimate of drug-likeness (QED) is 0.427. The second kappa shape index (κ2) is 8.25. The average molecular weight is 473 g/mol. The molecule has 4 rings (SSSR count). The molecule has 0 unspecified atom stereocenters. The van der Waals surface area contributed by atoms with Crippen LogP contribution in [0.15, 0.2) is 52.1 Å². The van der Waals surface area contributed by atoms with Crippen molar-refractivity contribution in [1.82, 2.24) is 4.98 Å². The molecule has 0 fully saturated rings. The van der Waals surface area contributed by atoms with E-state index in [0.717, 1.165) is 11.3 Å². The monoisotopic (exact) mass is 472 g/mol. The first-order chi connectivity index (χ1) is 15.2. The molecule has 1 aliphatic rings. The number of thiazole rings is 1. The zero-order chi connectivity index (χ0) is 23.2. The first-order valence-electron chi connectivity index (χ1n) is 9.42. The third-order valence-electron chi connectivity index (χ3n) is 4.96. The Morgan fingerprint density at radius 2 is 1.88 bits per heavy atom. The number of anilines is 1. The molecule has 1 amide bonds. The highest BCUT2D eigenvalue weighted by Gasteiger charge is 2.46. The number of ketones is 1. The third-order valence-corrected chi connectivity index (χ3v) is 6.35. The predicted molar refractivity (Wildman–Crippen MR) is 117 cm³/mol. The van der Waals surface area contributed by atoms with Crippen LogP contribution < -0.4 is 4.90 Å². The topological polar surface area (TPSA) is 110 Å². The lowest BCUT2D eigenvalue weighted by Crippen LogP contribution is -2.31. The van der Waals surface area contributed by atoms with Crippen molar-refractivity contribution in [1.29, 1.82) is 0 Å². The summed E-state index contributed by atoms with van der Waals surface area (Å²) >= 11 is 6.95. The predicted octanol–water partition coefficient (Wildman–Crippen LogP) is 4.58. The van der Waals surface area contributed by atoms with Crippen molar-refractivity contribution >= 4 is 45.7 Å². The number of rotatable bonds is 5. The fourth-order valence-electron chi connectivity index (χ4n) is 3.45. The molecule has 0 radical (unpaired) electrons. The van der Waals surface area contributed by atoms with Crippen molar-refractivity contribution in [2.24, 2.45) is 0 Å². The van der Waals surface area contributed by atoms with Crippen LogP contribution in [0, 0.1) is 13.8 Å². The van der Waals surface area contributed by atoms with Crippen LogP contribution in [0.3, 0.4) is 0 Å². The number of aryl methyl sites for hydroxylation is 2. The Labute approximate surface area is 191 Å². The number of methoxy groups -OCH3 is 1. The van der Waals surface area contributed by atoms with Crippen LogP contribution in [-0.2, 0) is 9.53 Å². The number of esters is 1. The summed E-state index contributed by atoms with van der Waals surface area (Å²) in [6.07, 6.45) is 0. The number of aliphatic hydroxyl groups is 1. The van der Waals surface area contributed by atoms with Gasteiger partial charge in [0.25, 0.3) is 5.91 Å². The number of hydrogen-bond acceptors (Lipinski definition) is 8. The SMILES string of the molecule is COC(=O)c1sc(N2C(=O)C(O)=C(C(=O)c3ccc(C)o3)[C@H]2c2ccc(Cl)cc2)nc1C. The second-order valence-corrected chi connectivity index (χ2v) is 8.45. The summed E-state index contributed by atoms with van der Waals surface area (Å²) in [5.41, 5.74) is 0.727. The summed E-state index contributed by atoms with van der Waals surface area (Å²) < 4.78 is 10.2. The minimum Gasteiger partial charge on any atom is -0.503 e. The van der Waals surface area contributed by atoms with E-state index in [2.05, 4.69) is 4.98 Å². The number of Topliss-reactive ketones (excluding diaryl/α,β-unsaturated/α-hetero) is 1. The van der Waals surface area contributed by atoms with E-state index in [1.165, 1.54) is 18.1 Å². The molecule has 10 heteroatoms. The molecule has 3 heterocycles. The molecular formula is C22H17ClN2O6S. The van der Waals surface area contributed by atoms with Gasteiger partial charge in [0.1, 0.15) is 10.6 Å². The molecule has 32 heavy (non-hydrogen) atoms. The highest BCUT2D eigenvalue weighted by atomic mass is 35.5. The van der Waals surface area contributed by atoms with Crippen molar-refractivity contribution in [3.8, 4) is 0 Å². The lowest BCUT2D eigenvalue weighted by Gasteiger charge is -2.24. The van der Waals surface area contributed by atoms with Crippen LogP contribution in [0.1, 0.15) is 43.3 Å². The summed E-state index contributed by atoms with van der Waals surface area (Å²) in [5, 5.41) is 11.3. The van der Waals surface area contributed by atoms with Crippen LogP contribution in [0.2, 0.25) is 5.02 Å². The largest absolute Gasteiger partial charge is 0.503 e. The number of amides is 1. The van der Waals surface area contributed by atoms with Crippen molar-refractivity contribution in [2.45, 2.75) is 19.9 Å². The molecule has 0 saturated carbocycles. The Kier molecular flexibility index (Phi) is 5.62. The van der Waals surface area contributed by atoms with E-state index in [1.807, 2.05) is 0 Å². The molecule has 1 aliphatic heterocycles. The molecule has 0 spiro atoms. The molecular weight excluding hydrogens is 456 g/mol. The molecule has 0 saturated heterocycles. The van der Waals surface area contributed by atoms with E-state index in [4.69, 9.17) is 20.8 Å². The van der Waals surface area contributed by atoms with Gasteiger partial charge in [-0.05, 0) is 43.7 Å². The summed E-state index contributed by atoms with van der Waals surface area (Å²) in [5.74, 6) is -2.26. The molecule has 164 valence electrons. The molecule has 1 aromatic carbocycles. The van der Waals surface area contributed by atoms with Crippen LogP contribution >= 0.6 is 22.9 Å². The molecule has 2 aromatic heterocycles. The third kappa shape index (κ3) is 3.59. The number of halogens is 1. The Morgan fingerprint density at radius 1 is 1.19 bits per heavy atom. The van der Waals surface area contributed by atoms with Gasteiger partial charge in [-0.3, -0.25) is 14.5 Å². The number of ether oxygens (including phenoxy) is 1. The van der Waals surface area contributed by atoms with Crippen LogP contribution in [0.5, 0.6) is 0 Å². The number of carbonyl (C=O) groups is 3. The number of hydrogen-bond donors (Lipinski definition) is 1. The van der Waals surface area contributed by atoms with E-state index in [1.54, 1.807) is 44.2 Å². The standard InChI is InChI=1S/C22H17ClN2O6S/c1-10-4-9-14(31-10)17(26)15-16(12-5-7-13(23)8-6-12)25(20(28)18(15)27)22-24-11(2)19(32-22)21(29)30-3/h4-9,16,27H,1-3H3/t16-/m1/s1. The van der Waals surface area contributed by atoms with Gasteiger partial charge in [-0.2, -0.15) is 0 Å². The zero-order valence-electron chi connectivity index (χ0n) is 17.2. The number of aromatic nitrogens is 1. The Hall–Kier alpha value is -3.43. The van der Waals surface area contributed by atoms with Crippen molar-refractivity contribution < 1.29 is 28.6 Å². The van der Waals surface area contributed by atoms with Crippen LogP contribution in [0.25, 0.3) is 0 Å². The van der Waals surface area contributed by atoms with Crippen molar-refractivity contribution in [3.05, 3.63) is 80.4 Å². The zero-order valence-corrected chi connectivity index (χ0v) is 18.8. The van der Waals surface area contributed by atoms with Gasteiger partial charge in [0.15, 0.2) is 16.7 Å². The maximum atomic E-state index is 13.3. The molecule has 0 aliphatic carbocycles. The average Bonchev–Trinajstić information content (AvgIpc) is 3.44. The lowest BCUT2D eigenvalue weighted by molar-refractivity contribution is -0.117. The molecule has 0 bridgehead atoms. The van der Waals surface area contributed by atoms with Gasteiger partial charge in [-0.15, -0.1) is 0 Å². The highest BCUT2D eigenvalue weighted by Crippen LogP contribution is 2.44. The maximum absolute atomic E-state index is 13.3. The summed E-state index contributed by atoms with van der Waals surface area (Å²) in [6.45, 7) is 3.29. The number of nitrogens with zero attached hydrogens (tertiary/aromatic N) is 2. The van der Waals surface area contributed by atoms with E-state index < -0.39 is 29.5 Å². The van der Waals surface area contributed by atoms with Crippen LogP contribution in [-0.4, -0.2) is 34.9 Å². The fourth-order valence-corrected chi connectivity index (χ4v) is 4.59. The van der Waals surface area contributed by atoms with E-state index in [9.17, 15) is 19.5 Å². The maximum Gasteiger partial charge on any atom is 0.350 e. The smallest absolute Gasteiger partial charge is 0.350 e. The minimum absolute atomic E-state index is 0.0109. The van der Waals surface area contributed by atoms with E-state index in [-0.39, 0.29) is 21.3 Å². The van der Waals surface area contributed by atoms with Gasteiger partial charge >= 0.3 is 5.97 Å². The normalized spacial score (nSPS) is 16.1. The summed E-state index contributed by atoms with van der Waals surface area (Å²) in [7, 11) is 1.24. The first-order valence-corrected chi connectivity index (χ1v) is 10.6. The van der Waals surface area contributed by atoms with Crippen molar-refractivity contribution in [2.75, 3.05) is 12.0 Å². The summed E-state index contributed by atoms with van der Waals surface area (Å²) in [6, 6.07) is 8.61. The van der Waals surface area contributed by atoms with E-state index >= 15 is 0 Å².